The van der Waals surface area contributed by atoms with Gasteiger partial charge >= 0.3 is 0 Å². The van der Waals surface area contributed by atoms with Crippen LogP contribution < -0.4 is 11.1 Å². The fraction of sp³-hybridized carbons (Fsp3) is 0.632. The third-order valence-electron chi connectivity index (χ3n) is 4.60. The summed E-state index contributed by atoms with van der Waals surface area (Å²) in [7, 11) is 0. The fourth-order valence-corrected chi connectivity index (χ4v) is 3.17. The van der Waals surface area contributed by atoms with Crippen LogP contribution in [0.15, 0.2) is 24.3 Å². The van der Waals surface area contributed by atoms with E-state index in [1.807, 2.05) is 13.0 Å². The standard InChI is InChI=1S/C19H31N3O.ClH/c1-2-9-18(20)19(23)21-14-16-10-5-6-11-17(16)15-22-12-7-3-4-8-13-22;/h5-6,10-11,18H,2-4,7-9,12-15,20H2,1H3,(H,21,23);1H. The molecule has 5 heteroatoms. The second-order valence-corrected chi connectivity index (χ2v) is 6.57. The van der Waals surface area contributed by atoms with E-state index in [0.717, 1.165) is 19.4 Å². The Morgan fingerprint density at radius 3 is 2.42 bits per heavy atom. The first kappa shape index (κ1) is 20.9. The van der Waals surface area contributed by atoms with Gasteiger partial charge in [0.15, 0.2) is 0 Å². The summed E-state index contributed by atoms with van der Waals surface area (Å²) in [5.41, 5.74) is 8.40. The first-order valence-corrected chi connectivity index (χ1v) is 9.03. The molecule has 1 amide bonds. The van der Waals surface area contributed by atoms with Gasteiger partial charge in [0.05, 0.1) is 6.04 Å². The summed E-state index contributed by atoms with van der Waals surface area (Å²) in [6, 6.07) is 8.02. The van der Waals surface area contributed by atoms with Crippen LogP contribution in [0.2, 0.25) is 0 Å². The van der Waals surface area contributed by atoms with Gasteiger partial charge in [0.25, 0.3) is 0 Å². The topological polar surface area (TPSA) is 58.4 Å². The lowest BCUT2D eigenvalue weighted by Crippen LogP contribution is -2.40. The third kappa shape index (κ3) is 6.80. The average molecular weight is 354 g/mol. The van der Waals surface area contributed by atoms with Crippen molar-refractivity contribution < 1.29 is 4.79 Å². The Balaban J connectivity index is 0.00000288. The van der Waals surface area contributed by atoms with Crippen LogP contribution in [0, 0.1) is 0 Å². The average Bonchev–Trinajstić information content (AvgIpc) is 2.82. The number of nitrogens with one attached hydrogen (secondary N) is 1. The summed E-state index contributed by atoms with van der Waals surface area (Å²) in [5, 5.41) is 2.99. The Morgan fingerprint density at radius 2 is 1.79 bits per heavy atom. The Labute approximate surface area is 152 Å². The van der Waals surface area contributed by atoms with Crippen molar-refractivity contribution >= 4 is 18.3 Å². The molecule has 0 radical (unpaired) electrons. The van der Waals surface area contributed by atoms with Crippen molar-refractivity contribution in [2.24, 2.45) is 5.73 Å². The Morgan fingerprint density at radius 1 is 1.17 bits per heavy atom. The van der Waals surface area contributed by atoms with Gasteiger partial charge in [-0.05, 0) is 43.5 Å². The number of likely N-dealkylation sites (tertiary alicyclic amines) is 1. The van der Waals surface area contributed by atoms with Gasteiger partial charge in [0, 0.05) is 13.1 Å². The minimum atomic E-state index is -0.391. The van der Waals surface area contributed by atoms with Gasteiger partial charge in [0.2, 0.25) is 5.91 Å². The van der Waals surface area contributed by atoms with Crippen LogP contribution in [0.5, 0.6) is 0 Å². The van der Waals surface area contributed by atoms with E-state index in [1.54, 1.807) is 0 Å². The van der Waals surface area contributed by atoms with Crippen LogP contribution in [0.1, 0.15) is 56.6 Å². The molecule has 1 unspecified atom stereocenters. The highest BCUT2D eigenvalue weighted by atomic mass is 35.5. The van der Waals surface area contributed by atoms with Crippen LogP contribution >= 0.6 is 12.4 Å². The molecule has 136 valence electrons. The number of carbonyl (C=O) groups excluding carboxylic acids is 1. The lowest BCUT2D eigenvalue weighted by atomic mass is 10.1. The fourth-order valence-electron chi connectivity index (χ4n) is 3.17. The third-order valence-corrected chi connectivity index (χ3v) is 4.60. The molecule has 0 aliphatic carbocycles. The molecular weight excluding hydrogens is 322 g/mol. The lowest BCUT2D eigenvalue weighted by molar-refractivity contribution is -0.122. The molecule has 1 heterocycles. The second-order valence-electron chi connectivity index (χ2n) is 6.57. The highest BCUT2D eigenvalue weighted by Gasteiger charge is 2.14. The van der Waals surface area contributed by atoms with E-state index >= 15 is 0 Å². The molecule has 1 aromatic rings. The molecule has 1 atom stereocenters. The number of nitrogens with two attached hydrogens (primary N) is 1. The molecule has 4 nitrogen and oxygen atoms in total. The van der Waals surface area contributed by atoms with Gasteiger partial charge in [-0.15, -0.1) is 12.4 Å². The number of carbonyl (C=O) groups is 1. The zero-order valence-electron chi connectivity index (χ0n) is 14.8. The summed E-state index contributed by atoms with van der Waals surface area (Å²) >= 11 is 0. The molecule has 1 aromatic carbocycles. The largest absolute Gasteiger partial charge is 0.351 e. The van der Waals surface area contributed by atoms with Gasteiger partial charge in [-0.3, -0.25) is 9.69 Å². The van der Waals surface area contributed by atoms with E-state index < -0.39 is 6.04 Å². The van der Waals surface area contributed by atoms with E-state index in [4.69, 9.17) is 5.73 Å². The molecule has 2 rings (SSSR count). The van der Waals surface area contributed by atoms with Gasteiger partial charge in [0.1, 0.15) is 0 Å². The number of benzene rings is 1. The maximum absolute atomic E-state index is 12.0. The molecule has 3 N–H and O–H groups in total. The van der Waals surface area contributed by atoms with E-state index in [1.165, 1.54) is 49.9 Å². The monoisotopic (exact) mass is 353 g/mol. The van der Waals surface area contributed by atoms with Gasteiger partial charge in [-0.1, -0.05) is 50.5 Å². The molecule has 1 fully saturated rings. The molecule has 1 saturated heterocycles. The van der Waals surface area contributed by atoms with E-state index in [-0.39, 0.29) is 18.3 Å². The molecule has 0 aromatic heterocycles. The molecule has 0 bridgehead atoms. The lowest BCUT2D eigenvalue weighted by Gasteiger charge is -2.22. The predicted octanol–water partition coefficient (Wildman–Crippen LogP) is 3.23. The van der Waals surface area contributed by atoms with Crippen molar-refractivity contribution in [2.75, 3.05) is 13.1 Å². The zero-order chi connectivity index (χ0) is 16.5. The van der Waals surface area contributed by atoms with Crippen molar-refractivity contribution in [1.82, 2.24) is 10.2 Å². The molecule has 24 heavy (non-hydrogen) atoms. The summed E-state index contributed by atoms with van der Waals surface area (Å²) < 4.78 is 0. The number of rotatable bonds is 7. The molecule has 0 saturated carbocycles. The van der Waals surface area contributed by atoms with Crippen molar-refractivity contribution in [3.05, 3.63) is 35.4 Å². The summed E-state index contributed by atoms with van der Waals surface area (Å²) in [5.74, 6) is -0.0450. The Bertz CT molecular complexity index is 487. The van der Waals surface area contributed by atoms with Crippen molar-refractivity contribution in [1.29, 1.82) is 0 Å². The normalized spacial score (nSPS) is 16.8. The Hall–Kier alpha value is -1.10. The summed E-state index contributed by atoms with van der Waals surface area (Å²) in [4.78, 5) is 14.5. The van der Waals surface area contributed by atoms with Gasteiger partial charge in [-0.2, -0.15) is 0 Å². The predicted molar refractivity (Wildman–Crippen MR) is 102 cm³/mol. The SMILES string of the molecule is CCCC(N)C(=O)NCc1ccccc1CN1CCCCCC1.Cl. The Kier molecular flexibility index (Phi) is 9.99. The summed E-state index contributed by atoms with van der Waals surface area (Å²) in [6.45, 7) is 5.96. The van der Waals surface area contributed by atoms with Crippen molar-refractivity contribution in [3.8, 4) is 0 Å². The van der Waals surface area contributed by atoms with Crippen molar-refractivity contribution in [3.63, 3.8) is 0 Å². The molecule has 0 spiro atoms. The number of hydrogen-bond donors (Lipinski definition) is 2. The highest BCUT2D eigenvalue weighted by molar-refractivity contribution is 5.85. The number of amides is 1. The highest BCUT2D eigenvalue weighted by Crippen LogP contribution is 2.16. The number of halogens is 1. The minimum Gasteiger partial charge on any atom is -0.351 e. The maximum Gasteiger partial charge on any atom is 0.237 e. The van der Waals surface area contributed by atoms with Gasteiger partial charge < -0.3 is 11.1 Å². The zero-order valence-corrected chi connectivity index (χ0v) is 15.6. The van der Waals surface area contributed by atoms with Crippen LogP contribution in [-0.4, -0.2) is 29.9 Å². The van der Waals surface area contributed by atoms with Crippen LogP contribution in [0.25, 0.3) is 0 Å². The van der Waals surface area contributed by atoms with Crippen LogP contribution in [-0.2, 0) is 17.9 Å². The molecule has 1 aliphatic heterocycles. The van der Waals surface area contributed by atoms with Gasteiger partial charge in [-0.25, -0.2) is 0 Å². The molecular formula is C19H32ClN3O. The second kappa shape index (κ2) is 11.5. The first-order chi connectivity index (χ1) is 11.2. The van der Waals surface area contributed by atoms with Crippen molar-refractivity contribution in [2.45, 2.75) is 64.6 Å². The maximum atomic E-state index is 12.0. The smallest absolute Gasteiger partial charge is 0.237 e. The summed E-state index contributed by atoms with van der Waals surface area (Å²) in [6.07, 6.45) is 6.96. The minimum absolute atomic E-state index is 0. The van der Waals surface area contributed by atoms with E-state index in [2.05, 4.69) is 28.4 Å². The van der Waals surface area contributed by atoms with E-state index in [0.29, 0.717) is 6.54 Å². The number of nitrogens with zero attached hydrogens (tertiary/aromatic N) is 1. The quantitative estimate of drug-likeness (QED) is 0.791. The first-order valence-electron chi connectivity index (χ1n) is 9.03. The van der Waals surface area contributed by atoms with Crippen LogP contribution in [0.3, 0.4) is 0 Å². The number of hydrogen-bond acceptors (Lipinski definition) is 3. The van der Waals surface area contributed by atoms with E-state index in [9.17, 15) is 4.79 Å². The van der Waals surface area contributed by atoms with Crippen LogP contribution in [0.4, 0.5) is 0 Å². The molecule has 1 aliphatic rings.